The number of hydrogen-bond donors (Lipinski definition) is 0. The largest absolute Gasteiger partial charge is 0.338 e. The van der Waals surface area contributed by atoms with E-state index < -0.39 is 0 Å². The van der Waals surface area contributed by atoms with Gasteiger partial charge in [0.2, 0.25) is 0 Å². The second-order valence-electron chi connectivity index (χ2n) is 5.79. The van der Waals surface area contributed by atoms with Crippen LogP contribution in [0.3, 0.4) is 0 Å². The maximum atomic E-state index is 13.3. The van der Waals surface area contributed by atoms with Gasteiger partial charge in [-0.3, -0.25) is 9.78 Å². The number of carbonyl (C=O) groups is 1. The van der Waals surface area contributed by atoms with Crippen molar-refractivity contribution in [1.82, 2.24) is 9.88 Å². The Hall–Kier alpha value is -2.23. The molecule has 3 nitrogen and oxygen atoms in total. The molecule has 2 aromatic rings. The van der Waals surface area contributed by atoms with Gasteiger partial charge < -0.3 is 4.90 Å². The van der Waals surface area contributed by atoms with Gasteiger partial charge in [-0.15, -0.1) is 0 Å². The van der Waals surface area contributed by atoms with Crippen LogP contribution in [0.2, 0.25) is 0 Å². The van der Waals surface area contributed by atoms with E-state index in [-0.39, 0.29) is 11.7 Å². The summed E-state index contributed by atoms with van der Waals surface area (Å²) in [6.07, 6.45) is 4.77. The zero-order valence-corrected chi connectivity index (χ0v) is 12.4. The number of carbonyl (C=O) groups excluding carboxylic acids is 1. The van der Waals surface area contributed by atoms with Gasteiger partial charge in [-0.05, 0) is 55.5 Å². The van der Waals surface area contributed by atoms with E-state index in [4.69, 9.17) is 0 Å². The van der Waals surface area contributed by atoms with Crippen molar-refractivity contribution in [3.05, 3.63) is 65.7 Å². The van der Waals surface area contributed by atoms with Crippen molar-refractivity contribution in [1.29, 1.82) is 0 Å². The van der Waals surface area contributed by atoms with E-state index in [1.165, 1.54) is 12.1 Å². The third kappa shape index (κ3) is 3.50. The van der Waals surface area contributed by atoms with Gasteiger partial charge in [-0.25, -0.2) is 4.39 Å². The van der Waals surface area contributed by atoms with Crippen molar-refractivity contribution in [3.63, 3.8) is 0 Å². The summed E-state index contributed by atoms with van der Waals surface area (Å²) in [4.78, 5) is 18.7. The van der Waals surface area contributed by atoms with Crippen LogP contribution in [0.4, 0.5) is 4.39 Å². The molecule has 1 unspecified atom stereocenters. The number of pyridine rings is 1. The average molecular weight is 298 g/mol. The summed E-state index contributed by atoms with van der Waals surface area (Å²) in [6, 6.07) is 11.8. The molecule has 4 heteroatoms. The Balaban J connectivity index is 1.66. The molecule has 1 aliphatic rings. The van der Waals surface area contributed by atoms with E-state index >= 15 is 0 Å². The minimum atomic E-state index is -0.368. The Labute approximate surface area is 129 Å². The molecular formula is C18H19FN2O. The Morgan fingerprint density at radius 1 is 1.27 bits per heavy atom. The van der Waals surface area contributed by atoms with Crippen molar-refractivity contribution in [3.8, 4) is 0 Å². The van der Waals surface area contributed by atoms with E-state index in [2.05, 4.69) is 4.98 Å². The molecule has 1 aromatic heterocycles. The summed E-state index contributed by atoms with van der Waals surface area (Å²) in [5, 5.41) is 0. The Kier molecular flexibility index (Phi) is 4.47. The SMILES string of the molecule is O=C(c1cccc(F)c1)N1CCCC(Cc2ccccn2)C1. The quantitative estimate of drug-likeness (QED) is 0.871. The fraction of sp³-hybridized carbons (Fsp3) is 0.333. The lowest BCUT2D eigenvalue weighted by molar-refractivity contribution is 0.0672. The van der Waals surface area contributed by atoms with E-state index in [9.17, 15) is 9.18 Å². The molecule has 0 aliphatic carbocycles. The molecule has 1 amide bonds. The van der Waals surface area contributed by atoms with Crippen molar-refractivity contribution < 1.29 is 9.18 Å². The molecular weight excluding hydrogens is 279 g/mol. The van der Waals surface area contributed by atoms with E-state index in [0.29, 0.717) is 18.0 Å². The fourth-order valence-corrected chi connectivity index (χ4v) is 3.03. The highest BCUT2D eigenvalue weighted by molar-refractivity contribution is 5.94. The lowest BCUT2D eigenvalue weighted by Crippen LogP contribution is -2.40. The summed E-state index contributed by atoms with van der Waals surface area (Å²) in [7, 11) is 0. The van der Waals surface area contributed by atoms with Gasteiger partial charge in [0, 0.05) is 30.5 Å². The summed E-state index contributed by atoms with van der Waals surface area (Å²) in [5.74, 6) is -0.0284. The van der Waals surface area contributed by atoms with Crippen LogP contribution >= 0.6 is 0 Å². The number of hydrogen-bond acceptors (Lipinski definition) is 2. The van der Waals surface area contributed by atoms with Crippen LogP contribution in [-0.2, 0) is 6.42 Å². The molecule has 0 N–H and O–H groups in total. The predicted octanol–water partition coefficient (Wildman–Crippen LogP) is 3.32. The van der Waals surface area contributed by atoms with E-state index in [0.717, 1.165) is 31.5 Å². The first-order valence-corrected chi connectivity index (χ1v) is 7.67. The third-order valence-corrected chi connectivity index (χ3v) is 4.10. The highest BCUT2D eigenvalue weighted by Gasteiger charge is 2.25. The van der Waals surface area contributed by atoms with Gasteiger partial charge in [0.1, 0.15) is 5.82 Å². The molecule has 1 fully saturated rings. The predicted molar refractivity (Wildman–Crippen MR) is 83.0 cm³/mol. The van der Waals surface area contributed by atoms with Gasteiger partial charge in [-0.2, -0.15) is 0 Å². The van der Waals surface area contributed by atoms with Crippen molar-refractivity contribution in [2.24, 2.45) is 5.92 Å². The van der Waals surface area contributed by atoms with Crippen LogP contribution in [0.5, 0.6) is 0 Å². The zero-order valence-electron chi connectivity index (χ0n) is 12.4. The monoisotopic (exact) mass is 298 g/mol. The van der Waals surface area contributed by atoms with Gasteiger partial charge >= 0.3 is 0 Å². The van der Waals surface area contributed by atoms with Crippen molar-refractivity contribution >= 4 is 5.91 Å². The molecule has 3 rings (SSSR count). The summed E-state index contributed by atoms with van der Waals surface area (Å²) < 4.78 is 13.3. The number of likely N-dealkylation sites (tertiary alicyclic amines) is 1. The highest BCUT2D eigenvalue weighted by atomic mass is 19.1. The van der Waals surface area contributed by atoms with Crippen LogP contribution in [0.15, 0.2) is 48.7 Å². The van der Waals surface area contributed by atoms with Crippen LogP contribution < -0.4 is 0 Å². The molecule has 2 heterocycles. The number of rotatable bonds is 3. The maximum absolute atomic E-state index is 13.3. The molecule has 1 aliphatic heterocycles. The number of piperidine rings is 1. The number of halogens is 1. The molecule has 0 spiro atoms. The van der Waals surface area contributed by atoms with Crippen LogP contribution in [0.1, 0.15) is 28.9 Å². The smallest absolute Gasteiger partial charge is 0.253 e. The first-order chi connectivity index (χ1) is 10.7. The zero-order chi connectivity index (χ0) is 15.4. The van der Waals surface area contributed by atoms with Gasteiger partial charge in [-0.1, -0.05) is 12.1 Å². The second kappa shape index (κ2) is 6.69. The highest BCUT2D eigenvalue weighted by Crippen LogP contribution is 2.21. The Bertz CT molecular complexity index is 645. The summed E-state index contributed by atoms with van der Waals surface area (Å²) >= 11 is 0. The van der Waals surface area contributed by atoms with Crippen LogP contribution in [0.25, 0.3) is 0 Å². The first-order valence-electron chi connectivity index (χ1n) is 7.67. The number of amides is 1. The molecule has 1 atom stereocenters. The summed E-state index contributed by atoms with van der Waals surface area (Å²) in [6.45, 7) is 1.46. The number of benzene rings is 1. The van der Waals surface area contributed by atoms with Crippen LogP contribution in [0, 0.1) is 11.7 Å². The molecule has 0 saturated carbocycles. The van der Waals surface area contributed by atoms with Crippen LogP contribution in [-0.4, -0.2) is 28.9 Å². The lowest BCUT2D eigenvalue weighted by atomic mass is 9.92. The average Bonchev–Trinajstić information content (AvgIpc) is 2.55. The molecule has 22 heavy (non-hydrogen) atoms. The molecule has 0 radical (unpaired) electrons. The topological polar surface area (TPSA) is 33.2 Å². The Morgan fingerprint density at radius 3 is 2.95 bits per heavy atom. The third-order valence-electron chi connectivity index (χ3n) is 4.10. The molecule has 114 valence electrons. The molecule has 0 bridgehead atoms. The normalized spacial score (nSPS) is 18.2. The van der Waals surface area contributed by atoms with Crippen molar-refractivity contribution in [2.75, 3.05) is 13.1 Å². The van der Waals surface area contributed by atoms with Gasteiger partial charge in [0.25, 0.3) is 5.91 Å². The minimum absolute atomic E-state index is 0.0785. The van der Waals surface area contributed by atoms with E-state index in [1.54, 1.807) is 18.3 Å². The minimum Gasteiger partial charge on any atom is -0.338 e. The number of aromatic nitrogens is 1. The van der Waals surface area contributed by atoms with Gasteiger partial charge in [0.15, 0.2) is 0 Å². The first kappa shape index (κ1) is 14.7. The summed E-state index contributed by atoms with van der Waals surface area (Å²) in [5.41, 5.74) is 1.49. The lowest BCUT2D eigenvalue weighted by Gasteiger charge is -2.32. The second-order valence-corrected chi connectivity index (χ2v) is 5.79. The molecule has 1 saturated heterocycles. The standard InChI is InChI=1S/C18H19FN2O/c19-16-7-3-6-15(12-16)18(22)21-10-4-5-14(13-21)11-17-8-1-2-9-20-17/h1-3,6-9,12,14H,4-5,10-11,13H2. The maximum Gasteiger partial charge on any atom is 0.253 e. The van der Waals surface area contributed by atoms with Crippen molar-refractivity contribution in [2.45, 2.75) is 19.3 Å². The van der Waals surface area contributed by atoms with Gasteiger partial charge in [0.05, 0.1) is 0 Å². The Morgan fingerprint density at radius 2 is 2.18 bits per heavy atom. The fourth-order valence-electron chi connectivity index (χ4n) is 3.03. The number of nitrogens with zero attached hydrogens (tertiary/aromatic N) is 2. The van der Waals surface area contributed by atoms with E-state index in [1.807, 2.05) is 23.1 Å². The molecule has 1 aromatic carbocycles.